The number of rotatable bonds is 3. The second-order valence-corrected chi connectivity index (χ2v) is 5.98. The van der Waals surface area contributed by atoms with E-state index in [1.165, 1.54) is 12.8 Å². The van der Waals surface area contributed by atoms with Gasteiger partial charge < -0.3 is 10.5 Å². The van der Waals surface area contributed by atoms with Gasteiger partial charge in [-0.15, -0.1) is 0 Å². The van der Waals surface area contributed by atoms with Gasteiger partial charge in [0.25, 0.3) is 0 Å². The Morgan fingerprint density at radius 2 is 2.00 bits per heavy atom. The van der Waals surface area contributed by atoms with E-state index in [9.17, 15) is 4.79 Å². The van der Waals surface area contributed by atoms with Gasteiger partial charge in [0, 0.05) is 24.5 Å². The van der Waals surface area contributed by atoms with Crippen LogP contribution < -0.4 is 5.73 Å². The Kier molecular flexibility index (Phi) is 3.88. The fraction of sp³-hybridized carbons (Fsp3) is 0.929. The Hall–Kier alpha value is -0.410. The van der Waals surface area contributed by atoms with Crippen LogP contribution in [0.1, 0.15) is 52.4 Å². The van der Waals surface area contributed by atoms with Gasteiger partial charge in [-0.25, -0.2) is 0 Å². The van der Waals surface area contributed by atoms with Crippen LogP contribution in [0.2, 0.25) is 0 Å². The quantitative estimate of drug-likeness (QED) is 0.822. The first-order valence-corrected chi connectivity index (χ1v) is 6.97. The molecule has 3 nitrogen and oxygen atoms in total. The van der Waals surface area contributed by atoms with Crippen molar-refractivity contribution in [1.82, 2.24) is 0 Å². The van der Waals surface area contributed by atoms with Crippen LogP contribution in [0.4, 0.5) is 0 Å². The van der Waals surface area contributed by atoms with Crippen molar-refractivity contribution in [3.63, 3.8) is 0 Å². The topological polar surface area (TPSA) is 52.3 Å². The molecule has 3 heteroatoms. The van der Waals surface area contributed by atoms with E-state index in [0.717, 1.165) is 32.3 Å². The summed E-state index contributed by atoms with van der Waals surface area (Å²) in [4.78, 5) is 12.3. The Morgan fingerprint density at radius 3 is 2.59 bits per heavy atom. The highest BCUT2D eigenvalue weighted by molar-refractivity contribution is 5.83. The van der Waals surface area contributed by atoms with Crippen LogP contribution in [0.5, 0.6) is 0 Å². The van der Waals surface area contributed by atoms with Crippen LogP contribution >= 0.6 is 0 Å². The van der Waals surface area contributed by atoms with Gasteiger partial charge in [0.15, 0.2) is 0 Å². The zero-order valence-corrected chi connectivity index (χ0v) is 11.1. The number of carbonyl (C=O) groups is 1. The van der Waals surface area contributed by atoms with Gasteiger partial charge in [-0.3, -0.25) is 4.79 Å². The number of ketones is 1. The zero-order valence-electron chi connectivity index (χ0n) is 11.1. The standard InChI is InChI=1S/C14H25NO2/c1-10(11(2)15)13(16)12-5-8-17-14(9-12)6-3-4-7-14/h10-12H,3-9,15H2,1-2H3. The summed E-state index contributed by atoms with van der Waals surface area (Å²) in [7, 11) is 0. The van der Waals surface area contributed by atoms with Gasteiger partial charge in [-0.05, 0) is 32.6 Å². The highest BCUT2D eigenvalue weighted by Gasteiger charge is 2.42. The van der Waals surface area contributed by atoms with E-state index >= 15 is 0 Å². The lowest BCUT2D eigenvalue weighted by atomic mass is 9.78. The molecule has 3 atom stereocenters. The summed E-state index contributed by atoms with van der Waals surface area (Å²) in [5.41, 5.74) is 5.87. The molecular formula is C14H25NO2. The Bertz CT molecular complexity index is 282. The van der Waals surface area contributed by atoms with Gasteiger partial charge in [-0.2, -0.15) is 0 Å². The number of hydrogen-bond donors (Lipinski definition) is 1. The van der Waals surface area contributed by atoms with Gasteiger partial charge >= 0.3 is 0 Å². The maximum atomic E-state index is 12.3. The lowest BCUT2D eigenvalue weighted by Gasteiger charge is -2.38. The maximum absolute atomic E-state index is 12.3. The van der Waals surface area contributed by atoms with Gasteiger partial charge in [0.05, 0.1) is 5.60 Å². The lowest BCUT2D eigenvalue weighted by molar-refractivity contribution is -0.140. The SMILES string of the molecule is CC(N)C(C)C(=O)C1CCOC2(CCCC2)C1. The summed E-state index contributed by atoms with van der Waals surface area (Å²) in [5, 5.41) is 0. The number of carbonyl (C=O) groups excluding carboxylic acids is 1. The number of Topliss-reactive ketones (excluding diaryl/α,β-unsaturated/α-hetero) is 1. The predicted molar refractivity (Wildman–Crippen MR) is 67.7 cm³/mol. The van der Waals surface area contributed by atoms with Crippen molar-refractivity contribution in [1.29, 1.82) is 0 Å². The molecule has 2 aliphatic rings. The molecule has 0 radical (unpaired) electrons. The minimum Gasteiger partial charge on any atom is -0.375 e. The van der Waals surface area contributed by atoms with E-state index in [-0.39, 0.29) is 23.5 Å². The molecule has 2 fully saturated rings. The van der Waals surface area contributed by atoms with Crippen LogP contribution in [-0.2, 0) is 9.53 Å². The third-order valence-electron chi connectivity index (χ3n) is 4.65. The third kappa shape index (κ3) is 2.71. The van der Waals surface area contributed by atoms with Crippen LogP contribution in [0.15, 0.2) is 0 Å². The van der Waals surface area contributed by atoms with Crippen molar-refractivity contribution < 1.29 is 9.53 Å². The molecule has 2 rings (SSSR count). The van der Waals surface area contributed by atoms with E-state index in [2.05, 4.69) is 0 Å². The number of nitrogens with two attached hydrogens (primary N) is 1. The number of ether oxygens (including phenoxy) is 1. The normalized spacial score (nSPS) is 31.4. The van der Waals surface area contributed by atoms with E-state index in [1.807, 2.05) is 13.8 Å². The predicted octanol–water partition coefficient (Wildman–Crippen LogP) is 2.28. The largest absolute Gasteiger partial charge is 0.375 e. The Labute approximate surface area is 104 Å². The third-order valence-corrected chi connectivity index (χ3v) is 4.65. The molecule has 1 heterocycles. The molecule has 0 bridgehead atoms. The molecule has 3 unspecified atom stereocenters. The van der Waals surface area contributed by atoms with Crippen molar-refractivity contribution in [2.75, 3.05) is 6.61 Å². The van der Waals surface area contributed by atoms with Gasteiger partial charge in [0.2, 0.25) is 0 Å². The van der Waals surface area contributed by atoms with E-state index < -0.39 is 0 Å². The molecule has 1 aliphatic heterocycles. The van der Waals surface area contributed by atoms with Crippen molar-refractivity contribution in [3.05, 3.63) is 0 Å². The van der Waals surface area contributed by atoms with E-state index in [0.29, 0.717) is 5.78 Å². The van der Waals surface area contributed by atoms with Gasteiger partial charge in [-0.1, -0.05) is 19.8 Å². The molecule has 0 aromatic carbocycles. The molecule has 0 amide bonds. The molecule has 17 heavy (non-hydrogen) atoms. The summed E-state index contributed by atoms with van der Waals surface area (Å²) < 4.78 is 5.96. The fourth-order valence-corrected chi connectivity index (χ4v) is 3.27. The zero-order chi connectivity index (χ0) is 12.5. The van der Waals surface area contributed by atoms with Crippen molar-refractivity contribution in [2.45, 2.75) is 64.0 Å². The summed E-state index contributed by atoms with van der Waals surface area (Å²) in [6, 6.07) is -0.0372. The van der Waals surface area contributed by atoms with Crippen molar-refractivity contribution >= 4 is 5.78 Å². The molecule has 1 saturated heterocycles. The first kappa shape index (κ1) is 13.0. The average Bonchev–Trinajstić information content (AvgIpc) is 2.75. The second kappa shape index (κ2) is 5.07. The first-order chi connectivity index (χ1) is 8.04. The summed E-state index contributed by atoms with van der Waals surface area (Å²) in [5.74, 6) is 0.522. The minimum absolute atomic E-state index is 0.0171. The Morgan fingerprint density at radius 1 is 1.35 bits per heavy atom. The van der Waals surface area contributed by atoms with Crippen LogP contribution in [0.25, 0.3) is 0 Å². The van der Waals surface area contributed by atoms with Crippen LogP contribution in [0.3, 0.4) is 0 Å². The van der Waals surface area contributed by atoms with Crippen LogP contribution in [0, 0.1) is 11.8 Å². The highest BCUT2D eigenvalue weighted by atomic mass is 16.5. The molecule has 0 aromatic rings. The first-order valence-electron chi connectivity index (χ1n) is 6.97. The van der Waals surface area contributed by atoms with E-state index in [4.69, 9.17) is 10.5 Å². The molecule has 2 N–H and O–H groups in total. The molecule has 98 valence electrons. The minimum atomic E-state index is -0.0372. The summed E-state index contributed by atoms with van der Waals surface area (Å²) >= 11 is 0. The van der Waals surface area contributed by atoms with Crippen molar-refractivity contribution in [2.24, 2.45) is 17.6 Å². The molecule has 1 spiro atoms. The maximum Gasteiger partial charge on any atom is 0.140 e. The highest BCUT2D eigenvalue weighted by Crippen LogP contribution is 2.42. The summed E-state index contributed by atoms with van der Waals surface area (Å²) in [6.07, 6.45) is 6.61. The van der Waals surface area contributed by atoms with Gasteiger partial charge in [0.1, 0.15) is 5.78 Å². The smallest absolute Gasteiger partial charge is 0.140 e. The lowest BCUT2D eigenvalue weighted by Crippen LogP contribution is -2.43. The molecule has 0 aromatic heterocycles. The summed E-state index contributed by atoms with van der Waals surface area (Å²) in [6.45, 7) is 4.64. The molecular weight excluding hydrogens is 214 g/mol. The van der Waals surface area contributed by atoms with Crippen molar-refractivity contribution in [3.8, 4) is 0 Å². The van der Waals surface area contributed by atoms with E-state index in [1.54, 1.807) is 0 Å². The molecule has 1 aliphatic carbocycles. The monoisotopic (exact) mass is 239 g/mol. The fourth-order valence-electron chi connectivity index (χ4n) is 3.27. The Balaban J connectivity index is 1.99. The second-order valence-electron chi connectivity index (χ2n) is 5.98. The van der Waals surface area contributed by atoms with Crippen LogP contribution in [-0.4, -0.2) is 24.0 Å². The number of hydrogen-bond acceptors (Lipinski definition) is 3. The average molecular weight is 239 g/mol. The molecule has 1 saturated carbocycles.